The molecule has 0 amide bonds. The first-order valence-electron chi connectivity index (χ1n) is 9.22. The summed E-state index contributed by atoms with van der Waals surface area (Å²) >= 11 is 7.32. The first-order valence-corrected chi connectivity index (χ1v) is 12.2. The van der Waals surface area contributed by atoms with Crippen LogP contribution in [-0.2, 0) is 22.1 Å². The van der Waals surface area contributed by atoms with Crippen molar-refractivity contribution in [2.24, 2.45) is 0 Å². The molecule has 0 aliphatic carbocycles. The molecular weight excluding hydrogens is 442 g/mol. The number of hydrogen-bond donors (Lipinski definition) is 0. The van der Waals surface area contributed by atoms with E-state index in [4.69, 9.17) is 16.3 Å². The summed E-state index contributed by atoms with van der Waals surface area (Å²) in [6, 6.07) is 13.9. The Morgan fingerprint density at radius 1 is 1.13 bits per heavy atom. The highest BCUT2D eigenvalue weighted by molar-refractivity contribution is 7.99. The number of hydrogen-bond acceptors (Lipinski definition) is 6. The quantitative estimate of drug-likeness (QED) is 0.249. The number of aromatic nitrogens is 3. The molecule has 0 aliphatic rings. The first kappa shape index (κ1) is 22.4. The molecule has 0 saturated heterocycles. The molecule has 0 radical (unpaired) electrons. The highest BCUT2D eigenvalue weighted by Gasteiger charge is 2.21. The standard InChI is InChI=1S/C21H22ClN3O3S2/c1-3-12-25-20(15-30(26,27)19-10-4-16(2)5-11-19)23-24-21(25)29-14-13-28-18-8-6-17(22)7-9-18/h3-11H,1,12-15H2,2H3. The number of halogens is 1. The summed E-state index contributed by atoms with van der Waals surface area (Å²) in [6.45, 7) is 6.55. The van der Waals surface area contributed by atoms with Gasteiger partial charge in [0.05, 0.1) is 11.5 Å². The van der Waals surface area contributed by atoms with Crippen LogP contribution in [0, 0.1) is 6.92 Å². The predicted molar refractivity (Wildman–Crippen MR) is 120 cm³/mol. The molecule has 0 aliphatic heterocycles. The van der Waals surface area contributed by atoms with Crippen molar-refractivity contribution >= 4 is 33.2 Å². The minimum Gasteiger partial charge on any atom is -0.493 e. The fourth-order valence-electron chi connectivity index (χ4n) is 2.67. The topological polar surface area (TPSA) is 74.1 Å². The van der Waals surface area contributed by atoms with Crippen molar-refractivity contribution in [1.29, 1.82) is 0 Å². The molecular formula is C21H22ClN3O3S2. The molecule has 2 aromatic carbocycles. The molecule has 0 spiro atoms. The van der Waals surface area contributed by atoms with Crippen LogP contribution in [0.5, 0.6) is 5.75 Å². The van der Waals surface area contributed by atoms with Crippen LogP contribution in [0.25, 0.3) is 0 Å². The Hall–Kier alpha value is -2.29. The highest BCUT2D eigenvalue weighted by atomic mass is 35.5. The number of ether oxygens (including phenoxy) is 1. The molecule has 0 N–H and O–H groups in total. The molecule has 30 heavy (non-hydrogen) atoms. The van der Waals surface area contributed by atoms with Crippen LogP contribution in [-0.4, -0.2) is 35.5 Å². The lowest BCUT2D eigenvalue weighted by atomic mass is 10.2. The number of rotatable bonds is 10. The molecule has 0 saturated carbocycles. The van der Waals surface area contributed by atoms with Crippen molar-refractivity contribution in [2.45, 2.75) is 29.3 Å². The van der Waals surface area contributed by atoms with Crippen LogP contribution in [0.15, 0.2) is 71.2 Å². The summed E-state index contributed by atoms with van der Waals surface area (Å²) in [5.74, 6) is 1.52. The smallest absolute Gasteiger partial charge is 0.191 e. The third-order valence-electron chi connectivity index (χ3n) is 4.20. The van der Waals surface area contributed by atoms with Crippen molar-refractivity contribution in [2.75, 3.05) is 12.4 Å². The van der Waals surface area contributed by atoms with E-state index < -0.39 is 9.84 Å². The minimum absolute atomic E-state index is 0.223. The second-order valence-electron chi connectivity index (χ2n) is 6.52. The monoisotopic (exact) mass is 463 g/mol. The van der Waals surface area contributed by atoms with Gasteiger partial charge < -0.3 is 9.30 Å². The molecule has 158 valence electrons. The van der Waals surface area contributed by atoms with Gasteiger partial charge in [0.15, 0.2) is 15.0 Å². The van der Waals surface area contributed by atoms with Crippen molar-refractivity contribution < 1.29 is 13.2 Å². The summed E-state index contributed by atoms with van der Waals surface area (Å²) in [6.07, 6.45) is 1.69. The van der Waals surface area contributed by atoms with Crippen LogP contribution >= 0.6 is 23.4 Å². The first-order chi connectivity index (χ1) is 14.4. The van der Waals surface area contributed by atoms with Gasteiger partial charge in [-0.25, -0.2) is 8.42 Å². The van der Waals surface area contributed by atoms with Gasteiger partial charge in [0.2, 0.25) is 0 Å². The summed E-state index contributed by atoms with van der Waals surface area (Å²) in [4.78, 5) is 0.270. The Morgan fingerprint density at radius 3 is 2.50 bits per heavy atom. The second kappa shape index (κ2) is 10.1. The van der Waals surface area contributed by atoms with Crippen molar-refractivity contribution in [3.8, 4) is 5.75 Å². The van der Waals surface area contributed by atoms with Gasteiger partial charge in [0.25, 0.3) is 0 Å². The van der Waals surface area contributed by atoms with Crippen molar-refractivity contribution in [1.82, 2.24) is 14.8 Å². The van der Waals surface area contributed by atoms with Crippen molar-refractivity contribution in [3.63, 3.8) is 0 Å². The number of sulfone groups is 1. The normalized spacial score (nSPS) is 11.4. The number of nitrogens with zero attached hydrogens (tertiary/aromatic N) is 3. The van der Waals surface area contributed by atoms with Crippen LogP contribution in [0.4, 0.5) is 0 Å². The maximum absolute atomic E-state index is 12.8. The zero-order valence-electron chi connectivity index (χ0n) is 16.5. The molecule has 3 aromatic rings. The number of thioether (sulfide) groups is 1. The fraction of sp³-hybridized carbons (Fsp3) is 0.238. The Morgan fingerprint density at radius 2 is 1.83 bits per heavy atom. The Bertz CT molecular complexity index is 1100. The second-order valence-corrected chi connectivity index (χ2v) is 10.0. The van der Waals surface area contributed by atoms with Crippen LogP contribution in [0.2, 0.25) is 5.02 Å². The summed E-state index contributed by atoms with van der Waals surface area (Å²) < 4.78 is 33.0. The molecule has 0 atom stereocenters. The van der Waals surface area contributed by atoms with E-state index in [9.17, 15) is 8.42 Å². The molecule has 0 unspecified atom stereocenters. The maximum atomic E-state index is 12.8. The van der Waals surface area contributed by atoms with Gasteiger partial charge in [-0.1, -0.05) is 47.1 Å². The molecule has 0 bridgehead atoms. The molecule has 6 nitrogen and oxygen atoms in total. The molecule has 9 heteroatoms. The predicted octanol–water partition coefficient (Wildman–Crippen LogP) is 4.57. The third-order valence-corrected chi connectivity index (χ3v) is 7.01. The van der Waals surface area contributed by atoms with Gasteiger partial charge in [-0.3, -0.25) is 0 Å². The van der Waals surface area contributed by atoms with Crippen LogP contribution in [0.1, 0.15) is 11.4 Å². The van der Waals surface area contributed by atoms with Gasteiger partial charge in [0.1, 0.15) is 17.3 Å². The van der Waals surface area contributed by atoms with E-state index >= 15 is 0 Å². The Balaban J connectivity index is 1.66. The lowest BCUT2D eigenvalue weighted by Gasteiger charge is -2.09. The summed E-state index contributed by atoms with van der Waals surface area (Å²) in [5, 5.41) is 9.58. The summed E-state index contributed by atoms with van der Waals surface area (Å²) in [5.41, 5.74) is 1.00. The molecule has 0 fully saturated rings. The van der Waals surface area contributed by atoms with Gasteiger partial charge in [-0.2, -0.15) is 0 Å². The zero-order chi connectivity index (χ0) is 21.6. The number of aryl methyl sites for hydroxylation is 1. The molecule has 1 aromatic heterocycles. The Kier molecular flexibility index (Phi) is 7.58. The zero-order valence-corrected chi connectivity index (χ0v) is 18.9. The van der Waals surface area contributed by atoms with Crippen LogP contribution in [0.3, 0.4) is 0 Å². The van der Waals surface area contributed by atoms with E-state index in [-0.39, 0.29) is 10.6 Å². The van der Waals surface area contributed by atoms with Crippen LogP contribution < -0.4 is 4.74 Å². The average molecular weight is 464 g/mol. The van der Waals surface area contributed by atoms with E-state index in [1.54, 1.807) is 59.2 Å². The van der Waals surface area contributed by atoms with Gasteiger partial charge >= 0.3 is 0 Å². The van der Waals surface area contributed by atoms with Gasteiger partial charge in [0, 0.05) is 17.3 Å². The average Bonchev–Trinajstić information content (AvgIpc) is 3.08. The SMILES string of the molecule is C=CCn1c(CS(=O)(=O)c2ccc(C)cc2)nnc1SCCOc1ccc(Cl)cc1. The van der Waals surface area contributed by atoms with E-state index in [1.807, 2.05) is 6.92 Å². The largest absolute Gasteiger partial charge is 0.493 e. The highest BCUT2D eigenvalue weighted by Crippen LogP contribution is 2.22. The third kappa shape index (κ3) is 5.87. The molecule has 3 rings (SSSR count). The lowest BCUT2D eigenvalue weighted by Crippen LogP contribution is -2.12. The van der Waals surface area contributed by atoms with Gasteiger partial charge in [-0.15, -0.1) is 16.8 Å². The van der Waals surface area contributed by atoms with E-state index in [1.165, 1.54) is 11.8 Å². The summed E-state index contributed by atoms with van der Waals surface area (Å²) in [7, 11) is -3.52. The maximum Gasteiger partial charge on any atom is 0.191 e. The van der Waals surface area contributed by atoms with Crippen molar-refractivity contribution in [3.05, 3.63) is 77.6 Å². The van der Waals surface area contributed by atoms with E-state index in [0.29, 0.717) is 34.9 Å². The minimum atomic E-state index is -3.52. The van der Waals surface area contributed by atoms with E-state index in [0.717, 1.165) is 11.3 Å². The lowest BCUT2D eigenvalue weighted by molar-refractivity contribution is 0.344. The molecule has 1 heterocycles. The Labute approximate surface area is 185 Å². The number of allylic oxidation sites excluding steroid dienone is 1. The fourth-order valence-corrected chi connectivity index (χ4v) is 4.85. The van der Waals surface area contributed by atoms with E-state index in [2.05, 4.69) is 16.8 Å². The van der Waals surface area contributed by atoms with Gasteiger partial charge in [-0.05, 0) is 43.3 Å². The number of benzene rings is 2.